The predicted octanol–water partition coefficient (Wildman–Crippen LogP) is 3.06. The van der Waals surface area contributed by atoms with Gasteiger partial charge in [0.1, 0.15) is 5.75 Å². The van der Waals surface area contributed by atoms with Crippen molar-refractivity contribution in [1.82, 2.24) is 10.6 Å². The lowest BCUT2D eigenvalue weighted by Crippen LogP contribution is -2.45. The van der Waals surface area contributed by atoms with E-state index in [0.717, 1.165) is 50.0 Å². The molecule has 1 aromatic carbocycles. The standard InChI is InChI=1S/C22H33N3O3/c1-3-28-21(27)16-8-11-17(12-9-16)25-22(23-2)24-14-19-18-7-5-4-6-15(18)10-13-20(19)26/h10,13,16-17,26H,3-9,11-12,14H2,1-2H3,(H2,23,24,25). The van der Waals surface area contributed by atoms with Gasteiger partial charge in [-0.25, -0.2) is 0 Å². The first-order valence-electron chi connectivity index (χ1n) is 10.6. The van der Waals surface area contributed by atoms with Crippen LogP contribution in [-0.4, -0.2) is 36.7 Å². The number of rotatable bonds is 5. The quantitative estimate of drug-likeness (QED) is 0.411. The van der Waals surface area contributed by atoms with Gasteiger partial charge in [-0.1, -0.05) is 6.07 Å². The monoisotopic (exact) mass is 387 g/mol. The average molecular weight is 388 g/mol. The average Bonchev–Trinajstić information content (AvgIpc) is 2.72. The highest BCUT2D eigenvalue weighted by atomic mass is 16.5. The number of aryl methyl sites for hydroxylation is 1. The van der Waals surface area contributed by atoms with E-state index in [1.165, 1.54) is 24.0 Å². The fourth-order valence-corrected chi connectivity index (χ4v) is 4.38. The largest absolute Gasteiger partial charge is 0.508 e. The van der Waals surface area contributed by atoms with Gasteiger partial charge in [0.25, 0.3) is 0 Å². The second-order valence-corrected chi connectivity index (χ2v) is 7.78. The summed E-state index contributed by atoms with van der Waals surface area (Å²) in [4.78, 5) is 16.2. The summed E-state index contributed by atoms with van der Waals surface area (Å²) in [5.74, 6) is 1.07. The van der Waals surface area contributed by atoms with Gasteiger partial charge in [0.05, 0.1) is 12.5 Å². The number of nitrogens with zero attached hydrogens (tertiary/aromatic N) is 1. The molecule has 2 aliphatic carbocycles. The van der Waals surface area contributed by atoms with E-state index in [0.29, 0.717) is 24.9 Å². The first kappa shape index (κ1) is 20.5. The molecule has 0 spiro atoms. The molecule has 6 heteroatoms. The Morgan fingerprint density at radius 3 is 2.68 bits per heavy atom. The maximum atomic E-state index is 11.9. The van der Waals surface area contributed by atoms with Gasteiger partial charge in [-0.3, -0.25) is 9.79 Å². The highest BCUT2D eigenvalue weighted by Gasteiger charge is 2.27. The van der Waals surface area contributed by atoms with Gasteiger partial charge in [0.15, 0.2) is 5.96 Å². The van der Waals surface area contributed by atoms with Crippen molar-refractivity contribution in [3.63, 3.8) is 0 Å². The number of carbonyl (C=O) groups is 1. The molecule has 6 nitrogen and oxygen atoms in total. The number of esters is 1. The Labute approximate surface area is 167 Å². The fourth-order valence-electron chi connectivity index (χ4n) is 4.38. The number of ether oxygens (including phenoxy) is 1. The molecule has 28 heavy (non-hydrogen) atoms. The van der Waals surface area contributed by atoms with Crippen molar-refractivity contribution in [3.8, 4) is 5.75 Å². The van der Waals surface area contributed by atoms with Gasteiger partial charge in [0.2, 0.25) is 0 Å². The van der Waals surface area contributed by atoms with Gasteiger partial charge in [0, 0.05) is 25.2 Å². The van der Waals surface area contributed by atoms with Crippen LogP contribution in [0.2, 0.25) is 0 Å². The number of aromatic hydroxyl groups is 1. The van der Waals surface area contributed by atoms with E-state index in [4.69, 9.17) is 4.74 Å². The van der Waals surface area contributed by atoms with Crippen LogP contribution in [0.25, 0.3) is 0 Å². The molecular formula is C22H33N3O3. The molecular weight excluding hydrogens is 354 g/mol. The maximum absolute atomic E-state index is 11.9. The molecule has 3 rings (SSSR count). The van der Waals surface area contributed by atoms with E-state index in [9.17, 15) is 9.90 Å². The SMILES string of the molecule is CCOC(=O)C1CCC(NC(=NC)NCc2c(O)ccc3c2CCCC3)CC1. The summed E-state index contributed by atoms with van der Waals surface area (Å²) in [6, 6.07) is 4.17. The highest BCUT2D eigenvalue weighted by molar-refractivity contribution is 5.80. The molecule has 0 radical (unpaired) electrons. The second kappa shape index (κ2) is 9.80. The van der Waals surface area contributed by atoms with Crippen molar-refractivity contribution in [2.75, 3.05) is 13.7 Å². The van der Waals surface area contributed by atoms with E-state index < -0.39 is 0 Å². The lowest BCUT2D eigenvalue weighted by molar-refractivity contribution is -0.149. The van der Waals surface area contributed by atoms with Crippen molar-refractivity contribution in [1.29, 1.82) is 0 Å². The van der Waals surface area contributed by atoms with E-state index >= 15 is 0 Å². The Bertz CT molecular complexity index is 709. The first-order valence-corrected chi connectivity index (χ1v) is 10.6. The van der Waals surface area contributed by atoms with Gasteiger partial charge in [-0.2, -0.15) is 0 Å². The second-order valence-electron chi connectivity index (χ2n) is 7.78. The molecule has 0 saturated heterocycles. The minimum absolute atomic E-state index is 0.0285. The van der Waals surface area contributed by atoms with E-state index in [-0.39, 0.29) is 11.9 Å². The molecule has 154 valence electrons. The number of phenolic OH excluding ortho intramolecular Hbond substituents is 1. The highest BCUT2D eigenvalue weighted by Crippen LogP contribution is 2.30. The van der Waals surface area contributed by atoms with Crippen LogP contribution in [0, 0.1) is 5.92 Å². The third-order valence-corrected chi connectivity index (χ3v) is 5.97. The van der Waals surface area contributed by atoms with Crippen LogP contribution in [0.5, 0.6) is 5.75 Å². The number of fused-ring (bicyclic) bond motifs is 1. The molecule has 3 N–H and O–H groups in total. The smallest absolute Gasteiger partial charge is 0.308 e. The van der Waals surface area contributed by atoms with Crippen LogP contribution in [0.15, 0.2) is 17.1 Å². The normalized spacial score (nSPS) is 22.3. The van der Waals surface area contributed by atoms with E-state index in [1.807, 2.05) is 13.0 Å². The van der Waals surface area contributed by atoms with Crippen LogP contribution >= 0.6 is 0 Å². The topological polar surface area (TPSA) is 83.0 Å². The molecule has 2 aliphatic rings. The molecule has 0 aromatic heterocycles. The van der Waals surface area contributed by atoms with Crippen molar-refractivity contribution in [2.24, 2.45) is 10.9 Å². The lowest BCUT2D eigenvalue weighted by atomic mass is 9.86. The number of hydrogen-bond donors (Lipinski definition) is 3. The Balaban J connectivity index is 1.53. The number of nitrogens with one attached hydrogen (secondary N) is 2. The summed E-state index contributed by atoms with van der Waals surface area (Å²) in [5, 5.41) is 17.2. The number of benzene rings is 1. The third kappa shape index (κ3) is 4.97. The molecule has 0 unspecified atom stereocenters. The number of carbonyl (C=O) groups excluding carboxylic acids is 1. The molecule has 0 bridgehead atoms. The molecule has 0 heterocycles. The zero-order chi connectivity index (χ0) is 19.9. The summed E-state index contributed by atoms with van der Waals surface area (Å²) < 4.78 is 5.14. The van der Waals surface area contributed by atoms with Crippen molar-refractivity contribution >= 4 is 11.9 Å². The molecule has 0 aliphatic heterocycles. The maximum Gasteiger partial charge on any atom is 0.308 e. The van der Waals surface area contributed by atoms with Gasteiger partial charge < -0.3 is 20.5 Å². The van der Waals surface area contributed by atoms with E-state index in [2.05, 4.69) is 21.7 Å². The number of hydrogen-bond acceptors (Lipinski definition) is 4. The number of aliphatic imine (C=N–C) groups is 1. The lowest BCUT2D eigenvalue weighted by Gasteiger charge is -2.29. The van der Waals surface area contributed by atoms with Crippen LogP contribution in [0.3, 0.4) is 0 Å². The number of guanidine groups is 1. The van der Waals surface area contributed by atoms with Gasteiger partial charge in [-0.05, 0) is 75.5 Å². The Kier molecular flexibility index (Phi) is 7.18. The van der Waals surface area contributed by atoms with Crippen LogP contribution < -0.4 is 10.6 Å². The summed E-state index contributed by atoms with van der Waals surface area (Å²) in [6.07, 6.45) is 8.08. The summed E-state index contributed by atoms with van der Waals surface area (Å²) in [6.45, 7) is 2.86. The van der Waals surface area contributed by atoms with Crippen molar-refractivity contribution in [3.05, 3.63) is 28.8 Å². The molecule has 1 saturated carbocycles. The van der Waals surface area contributed by atoms with Gasteiger partial charge in [-0.15, -0.1) is 0 Å². The van der Waals surface area contributed by atoms with Crippen LogP contribution in [-0.2, 0) is 28.9 Å². The summed E-state index contributed by atoms with van der Waals surface area (Å²) >= 11 is 0. The molecule has 1 aromatic rings. The summed E-state index contributed by atoms with van der Waals surface area (Å²) in [5.41, 5.74) is 3.65. The van der Waals surface area contributed by atoms with Crippen molar-refractivity contribution < 1.29 is 14.6 Å². The zero-order valence-corrected chi connectivity index (χ0v) is 17.1. The Hall–Kier alpha value is -2.24. The molecule has 0 amide bonds. The zero-order valence-electron chi connectivity index (χ0n) is 17.1. The molecule has 0 atom stereocenters. The Morgan fingerprint density at radius 2 is 1.96 bits per heavy atom. The minimum atomic E-state index is -0.0622. The number of phenols is 1. The Morgan fingerprint density at radius 1 is 1.21 bits per heavy atom. The first-order chi connectivity index (χ1) is 13.6. The summed E-state index contributed by atoms with van der Waals surface area (Å²) in [7, 11) is 1.76. The van der Waals surface area contributed by atoms with Crippen LogP contribution in [0.4, 0.5) is 0 Å². The predicted molar refractivity (Wildman–Crippen MR) is 110 cm³/mol. The molecule has 1 fully saturated rings. The third-order valence-electron chi connectivity index (χ3n) is 5.97. The van der Waals surface area contributed by atoms with Gasteiger partial charge >= 0.3 is 5.97 Å². The van der Waals surface area contributed by atoms with Crippen molar-refractivity contribution in [2.45, 2.75) is 70.9 Å². The minimum Gasteiger partial charge on any atom is -0.508 e. The van der Waals surface area contributed by atoms with E-state index in [1.54, 1.807) is 7.05 Å². The fraction of sp³-hybridized carbons (Fsp3) is 0.636. The van der Waals surface area contributed by atoms with Crippen LogP contribution in [0.1, 0.15) is 62.1 Å².